The molecule has 0 saturated carbocycles. The number of nitrogens with zero attached hydrogens (tertiary/aromatic N) is 4. The lowest BCUT2D eigenvalue weighted by Crippen LogP contribution is -2.34. The highest BCUT2D eigenvalue weighted by Crippen LogP contribution is 2.36. The van der Waals surface area contributed by atoms with Crippen molar-refractivity contribution in [2.24, 2.45) is 0 Å². The minimum absolute atomic E-state index is 0.151. The van der Waals surface area contributed by atoms with Gasteiger partial charge in [0.15, 0.2) is 0 Å². The third kappa shape index (κ3) is 3.89. The van der Waals surface area contributed by atoms with E-state index in [0.717, 1.165) is 27.8 Å². The second-order valence-electron chi connectivity index (χ2n) is 7.90. The largest absolute Gasteiger partial charge is 0.490 e. The highest BCUT2D eigenvalue weighted by molar-refractivity contribution is 6.32. The molecule has 0 unspecified atom stereocenters. The van der Waals surface area contributed by atoms with Gasteiger partial charge in [0.05, 0.1) is 23.3 Å². The van der Waals surface area contributed by atoms with E-state index in [-0.39, 0.29) is 11.9 Å². The topological polar surface area (TPSA) is 52.4 Å². The zero-order chi connectivity index (χ0) is 22.2. The molecule has 0 bridgehead atoms. The van der Waals surface area contributed by atoms with Gasteiger partial charge in [-0.1, -0.05) is 11.6 Å². The molecular weight excluding hydrogens is 431 g/mol. The SMILES string of the molecule is COc1nccc(CN2Cc3cc(-n4ccc5cc(F)ccc54)cc(Cl)c3OC[C@H]2C)n1. The zero-order valence-corrected chi connectivity index (χ0v) is 18.5. The van der Waals surface area contributed by atoms with Crippen LogP contribution < -0.4 is 9.47 Å². The fourth-order valence-corrected chi connectivity index (χ4v) is 4.35. The smallest absolute Gasteiger partial charge is 0.316 e. The molecule has 1 aliphatic heterocycles. The first kappa shape index (κ1) is 20.7. The van der Waals surface area contributed by atoms with Gasteiger partial charge in [0.25, 0.3) is 0 Å². The monoisotopic (exact) mass is 452 g/mol. The van der Waals surface area contributed by atoms with Crippen molar-refractivity contribution in [2.75, 3.05) is 13.7 Å². The molecule has 0 amide bonds. The maximum Gasteiger partial charge on any atom is 0.316 e. The molecule has 1 aliphatic rings. The lowest BCUT2D eigenvalue weighted by atomic mass is 10.1. The number of fused-ring (bicyclic) bond motifs is 2. The van der Waals surface area contributed by atoms with Crippen LogP contribution in [0.2, 0.25) is 5.02 Å². The first-order valence-electron chi connectivity index (χ1n) is 10.3. The van der Waals surface area contributed by atoms with Gasteiger partial charge in [-0.15, -0.1) is 0 Å². The van der Waals surface area contributed by atoms with Crippen molar-refractivity contribution in [2.45, 2.75) is 26.1 Å². The van der Waals surface area contributed by atoms with Gasteiger partial charge in [0, 0.05) is 48.2 Å². The fourth-order valence-electron chi connectivity index (χ4n) is 4.06. The van der Waals surface area contributed by atoms with Gasteiger partial charge in [0.1, 0.15) is 18.2 Å². The number of methoxy groups -OCH3 is 1. The summed E-state index contributed by atoms with van der Waals surface area (Å²) in [5.74, 6) is 0.446. The average Bonchev–Trinajstić information content (AvgIpc) is 3.13. The normalized spacial score (nSPS) is 16.4. The lowest BCUT2D eigenvalue weighted by molar-refractivity contribution is 0.149. The number of rotatable bonds is 4. The molecule has 0 fully saturated rings. The Morgan fingerprint density at radius 3 is 2.94 bits per heavy atom. The third-order valence-corrected chi connectivity index (χ3v) is 6.02. The van der Waals surface area contributed by atoms with E-state index in [4.69, 9.17) is 21.1 Å². The summed E-state index contributed by atoms with van der Waals surface area (Å²) in [5, 5.41) is 1.39. The van der Waals surface area contributed by atoms with Crippen LogP contribution in [0.5, 0.6) is 11.8 Å². The van der Waals surface area contributed by atoms with Gasteiger partial charge < -0.3 is 14.0 Å². The number of halogens is 2. The van der Waals surface area contributed by atoms with Crippen LogP contribution in [0, 0.1) is 5.82 Å². The molecule has 4 aromatic rings. The van der Waals surface area contributed by atoms with Crippen LogP contribution in [0.3, 0.4) is 0 Å². The second-order valence-corrected chi connectivity index (χ2v) is 8.31. The zero-order valence-electron chi connectivity index (χ0n) is 17.8. The first-order chi connectivity index (χ1) is 15.5. The third-order valence-electron chi connectivity index (χ3n) is 5.74. The summed E-state index contributed by atoms with van der Waals surface area (Å²) in [4.78, 5) is 10.8. The molecule has 0 radical (unpaired) electrons. The Kier molecular flexibility index (Phi) is 5.45. The van der Waals surface area contributed by atoms with Crippen molar-refractivity contribution < 1.29 is 13.9 Å². The molecule has 6 nitrogen and oxygen atoms in total. The highest BCUT2D eigenvalue weighted by atomic mass is 35.5. The van der Waals surface area contributed by atoms with Crippen LogP contribution in [0.25, 0.3) is 16.6 Å². The molecule has 0 N–H and O–H groups in total. The molecule has 0 aliphatic carbocycles. The number of benzene rings is 2. The van der Waals surface area contributed by atoms with E-state index in [9.17, 15) is 4.39 Å². The number of ether oxygens (including phenoxy) is 2. The highest BCUT2D eigenvalue weighted by Gasteiger charge is 2.25. The fraction of sp³-hybridized carbons (Fsp3) is 0.250. The Morgan fingerprint density at radius 1 is 1.22 bits per heavy atom. The quantitative estimate of drug-likeness (QED) is 0.436. The molecule has 5 rings (SSSR count). The van der Waals surface area contributed by atoms with Crippen molar-refractivity contribution >= 4 is 22.5 Å². The van der Waals surface area contributed by atoms with E-state index in [1.54, 1.807) is 19.4 Å². The summed E-state index contributed by atoms with van der Waals surface area (Å²) in [6.07, 6.45) is 3.62. The van der Waals surface area contributed by atoms with E-state index in [0.29, 0.717) is 36.5 Å². The van der Waals surface area contributed by atoms with E-state index < -0.39 is 0 Å². The van der Waals surface area contributed by atoms with Crippen molar-refractivity contribution in [1.29, 1.82) is 0 Å². The van der Waals surface area contributed by atoms with Crippen LogP contribution in [0.1, 0.15) is 18.2 Å². The molecule has 8 heteroatoms. The van der Waals surface area contributed by atoms with Crippen molar-refractivity contribution in [1.82, 2.24) is 19.4 Å². The minimum Gasteiger partial charge on any atom is -0.490 e. The van der Waals surface area contributed by atoms with Gasteiger partial charge >= 0.3 is 6.01 Å². The van der Waals surface area contributed by atoms with Crippen molar-refractivity contribution in [3.05, 3.63) is 77.0 Å². The molecule has 3 heterocycles. The molecule has 1 atom stereocenters. The molecule has 164 valence electrons. The molecule has 0 spiro atoms. The van der Waals surface area contributed by atoms with Gasteiger partial charge in [-0.05, 0) is 49.4 Å². The number of hydrogen-bond acceptors (Lipinski definition) is 5. The number of hydrogen-bond donors (Lipinski definition) is 0. The van der Waals surface area contributed by atoms with Crippen molar-refractivity contribution in [3.63, 3.8) is 0 Å². The van der Waals surface area contributed by atoms with E-state index in [2.05, 4.69) is 27.9 Å². The standard InChI is InChI=1S/C24H22ClFN4O2/c1-15-14-32-23-17(12-29(15)13-19-5-7-27-24(28-19)31-2)10-20(11-21(23)25)30-8-6-16-9-18(26)3-4-22(16)30/h3-11,15H,12-14H2,1-2H3/t15-/m1/s1. The maximum absolute atomic E-state index is 13.6. The van der Waals surface area contributed by atoms with E-state index in [1.165, 1.54) is 12.1 Å². The van der Waals surface area contributed by atoms with Crippen LogP contribution >= 0.6 is 11.6 Å². The number of aromatic nitrogens is 3. The van der Waals surface area contributed by atoms with Crippen LogP contribution in [-0.2, 0) is 13.1 Å². The Labute approximate surface area is 190 Å². The Morgan fingerprint density at radius 2 is 2.09 bits per heavy atom. The summed E-state index contributed by atoms with van der Waals surface area (Å²) in [6, 6.07) is 13.0. The molecular formula is C24H22ClFN4O2. The van der Waals surface area contributed by atoms with E-state index in [1.807, 2.05) is 29.0 Å². The second kappa shape index (κ2) is 8.41. The maximum atomic E-state index is 13.6. The first-order valence-corrected chi connectivity index (χ1v) is 10.7. The summed E-state index contributed by atoms with van der Waals surface area (Å²) in [7, 11) is 1.56. The average molecular weight is 453 g/mol. The van der Waals surface area contributed by atoms with Crippen LogP contribution in [0.15, 0.2) is 54.9 Å². The summed E-state index contributed by atoms with van der Waals surface area (Å²) in [6.45, 7) is 3.90. The minimum atomic E-state index is -0.255. The van der Waals surface area contributed by atoms with Gasteiger partial charge in [0.2, 0.25) is 0 Å². The van der Waals surface area contributed by atoms with Gasteiger partial charge in [-0.25, -0.2) is 9.37 Å². The summed E-state index contributed by atoms with van der Waals surface area (Å²) in [5.41, 5.74) is 3.67. The Balaban J connectivity index is 1.51. The van der Waals surface area contributed by atoms with Gasteiger partial charge in [-0.2, -0.15) is 4.98 Å². The molecule has 32 heavy (non-hydrogen) atoms. The van der Waals surface area contributed by atoms with Crippen LogP contribution in [0.4, 0.5) is 4.39 Å². The molecule has 0 saturated heterocycles. The van der Waals surface area contributed by atoms with Gasteiger partial charge in [-0.3, -0.25) is 4.90 Å². The molecule has 2 aromatic carbocycles. The Hall–Kier alpha value is -3.16. The summed E-state index contributed by atoms with van der Waals surface area (Å²) >= 11 is 6.65. The Bertz CT molecular complexity index is 1290. The lowest BCUT2D eigenvalue weighted by Gasteiger charge is -2.25. The van der Waals surface area contributed by atoms with E-state index >= 15 is 0 Å². The van der Waals surface area contributed by atoms with Crippen molar-refractivity contribution in [3.8, 4) is 17.4 Å². The predicted octanol–water partition coefficient (Wildman–Crippen LogP) is 5.00. The summed E-state index contributed by atoms with van der Waals surface area (Å²) < 4.78 is 26.9. The molecule has 2 aromatic heterocycles. The van der Waals surface area contributed by atoms with Crippen LogP contribution in [-0.4, -0.2) is 39.2 Å². The predicted molar refractivity (Wildman–Crippen MR) is 121 cm³/mol.